The van der Waals surface area contributed by atoms with Crippen molar-refractivity contribution >= 4 is 12.0 Å². The highest BCUT2D eigenvalue weighted by atomic mass is 16.8. The highest BCUT2D eigenvalue weighted by molar-refractivity contribution is 5.81. The van der Waals surface area contributed by atoms with Gasteiger partial charge in [0, 0.05) is 6.07 Å². The molecule has 4 nitrogen and oxygen atoms in total. The van der Waals surface area contributed by atoms with Crippen LogP contribution in [0.25, 0.3) is 0 Å². The predicted octanol–water partition coefficient (Wildman–Crippen LogP) is 1.78. The molecule has 0 saturated carbocycles. The summed E-state index contributed by atoms with van der Waals surface area (Å²) in [6.45, 7) is 1.85. The molecule has 0 atom stereocenters. The average Bonchev–Trinajstić information content (AvgIpc) is 2.16. The Hall–Kier alpha value is -1.71. The van der Waals surface area contributed by atoms with Crippen LogP contribution < -0.4 is 0 Å². The van der Waals surface area contributed by atoms with Gasteiger partial charge in [-0.1, -0.05) is 6.07 Å². The lowest BCUT2D eigenvalue weighted by molar-refractivity contribution is -0.736. The maximum atomic E-state index is 11.0. The molecule has 1 rings (SSSR count). The van der Waals surface area contributed by atoms with E-state index in [9.17, 15) is 9.70 Å². The Balaban J connectivity index is 3.20. The van der Waals surface area contributed by atoms with Crippen LogP contribution in [-0.2, 0) is 4.84 Å². The summed E-state index contributed by atoms with van der Waals surface area (Å²) in [5, 5.41) is 0. The Labute approximate surface area is 75.7 Å². The number of hydrogen-bond acceptors (Lipinski definition) is 3. The van der Waals surface area contributed by atoms with Crippen LogP contribution in [-0.4, -0.2) is 18.3 Å². The molecule has 0 fully saturated rings. The topological polar surface area (TPSA) is 46.4 Å². The van der Waals surface area contributed by atoms with Crippen molar-refractivity contribution in [3.05, 3.63) is 34.2 Å². The number of carbonyl (C=O) groups is 1. The van der Waals surface area contributed by atoms with Crippen LogP contribution in [0.5, 0.6) is 0 Å². The molecule has 0 aliphatic heterocycles. The van der Waals surface area contributed by atoms with E-state index in [2.05, 4.69) is 4.84 Å². The summed E-state index contributed by atoms with van der Waals surface area (Å²) in [5.41, 5.74) is 1.48. The van der Waals surface area contributed by atoms with E-state index in [4.69, 9.17) is 0 Å². The first-order chi connectivity index (χ1) is 6.19. The summed E-state index contributed by atoms with van der Waals surface area (Å²) in [7, 11) is 1.25. The zero-order valence-corrected chi connectivity index (χ0v) is 7.48. The van der Waals surface area contributed by atoms with Crippen molar-refractivity contribution in [1.29, 1.82) is 0 Å². The Morgan fingerprint density at radius 1 is 1.46 bits per heavy atom. The lowest BCUT2D eigenvalue weighted by Gasteiger charge is -1.94. The lowest BCUT2D eigenvalue weighted by atomic mass is 10.1. The third kappa shape index (κ3) is 1.90. The molecule has 0 unspecified atom stereocenters. The number of nitrogens with zero attached hydrogens (tertiary/aromatic N) is 1. The molecule has 0 spiro atoms. The minimum atomic E-state index is 0.225. The lowest BCUT2D eigenvalue weighted by Crippen LogP contribution is -2.01. The molecule has 13 heavy (non-hydrogen) atoms. The summed E-state index contributed by atoms with van der Waals surface area (Å²) in [6, 6.07) is 4.92. The van der Waals surface area contributed by atoms with Crippen LogP contribution in [0, 0.1) is 11.8 Å². The van der Waals surface area contributed by atoms with E-state index in [1.807, 2.05) is 6.92 Å². The van der Waals surface area contributed by atoms with Crippen molar-refractivity contribution in [2.45, 2.75) is 6.92 Å². The predicted molar refractivity (Wildman–Crippen MR) is 46.9 cm³/mol. The molecule has 0 aliphatic rings. The van der Waals surface area contributed by atoms with Crippen molar-refractivity contribution in [2.24, 2.45) is 0 Å². The van der Waals surface area contributed by atoms with Gasteiger partial charge in [-0.15, -0.1) is 0 Å². The van der Waals surface area contributed by atoms with Gasteiger partial charge in [0.25, 0.3) is 4.92 Å². The van der Waals surface area contributed by atoms with Crippen molar-refractivity contribution in [3.8, 4) is 0 Å². The van der Waals surface area contributed by atoms with Gasteiger partial charge in [0.2, 0.25) is 0 Å². The molecule has 0 heterocycles. The van der Waals surface area contributed by atoms with Gasteiger partial charge in [-0.05, 0) is 18.6 Å². The SMILES string of the molecule is CO[N+](=O)c1ccc(C)cc1C=O. The van der Waals surface area contributed by atoms with Gasteiger partial charge in [-0.3, -0.25) is 4.79 Å². The van der Waals surface area contributed by atoms with Crippen molar-refractivity contribution in [3.63, 3.8) is 0 Å². The molecule has 0 bridgehead atoms. The summed E-state index contributed by atoms with van der Waals surface area (Å²) < 4.78 is 0. The summed E-state index contributed by atoms with van der Waals surface area (Å²) in [6.07, 6.45) is 0.631. The zero-order chi connectivity index (χ0) is 9.84. The number of hydrogen-bond donors (Lipinski definition) is 0. The largest absolute Gasteiger partial charge is 0.327 e. The van der Waals surface area contributed by atoms with E-state index < -0.39 is 0 Å². The minimum Gasteiger partial charge on any atom is -0.298 e. The second kappa shape index (κ2) is 3.80. The van der Waals surface area contributed by atoms with Crippen molar-refractivity contribution < 1.29 is 14.6 Å². The second-order valence-electron chi connectivity index (χ2n) is 2.62. The van der Waals surface area contributed by atoms with Crippen molar-refractivity contribution in [1.82, 2.24) is 0 Å². The first kappa shape index (κ1) is 9.38. The van der Waals surface area contributed by atoms with Gasteiger partial charge >= 0.3 is 5.69 Å². The van der Waals surface area contributed by atoms with Gasteiger partial charge in [0.1, 0.15) is 0 Å². The Morgan fingerprint density at radius 2 is 2.15 bits per heavy atom. The zero-order valence-electron chi connectivity index (χ0n) is 7.48. The fourth-order valence-electron chi connectivity index (χ4n) is 1.03. The van der Waals surface area contributed by atoms with E-state index >= 15 is 0 Å². The quantitative estimate of drug-likeness (QED) is 0.526. The maximum Gasteiger partial charge on any atom is 0.327 e. The number of aldehydes is 1. The highest BCUT2D eigenvalue weighted by Gasteiger charge is 2.19. The van der Waals surface area contributed by atoms with E-state index in [-0.39, 0.29) is 5.69 Å². The smallest absolute Gasteiger partial charge is 0.298 e. The molecule has 0 N–H and O–H groups in total. The molecule has 0 aliphatic carbocycles. The standard InChI is InChI=1S/C9H10NO3/c1-7-3-4-9(10(12)13-2)8(5-7)6-11/h3-6H,1-2H3/q+1. The molecular formula is C9H10NO3+. The van der Waals surface area contributed by atoms with E-state index in [1.165, 1.54) is 7.11 Å². The fourth-order valence-corrected chi connectivity index (χ4v) is 1.03. The Kier molecular flexibility index (Phi) is 2.74. The van der Waals surface area contributed by atoms with Crippen LogP contribution in [0.1, 0.15) is 15.9 Å². The Bertz CT molecular complexity index is 347. The van der Waals surface area contributed by atoms with Crippen molar-refractivity contribution in [2.75, 3.05) is 7.11 Å². The number of benzene rings is 1. The first-order valence-corrected chi connectivity index (χ1v) is 3.76. The van der Waals surface area contributed by atoms with E-state index in [1.54, 1.807) is 18.2 Å². The molecule has 0 saturated heterocycles. The van der Waals surface area contributed by atoms with Gasteiger partial charge in [-0.25, -0.2) is 4.84 Å². The van der Waals surface area contributed by atoms with Crippen LogP contribution in [0.4, 0.5) is 5.69 Å². The van der Waals surface area contributed by atoms with E-state index in [0.717, 1.165) is 5.56 Å². The van der Waals surface area contributed by atoms with Crippen LogP contribution in [0.3, 0.4) is 0 Å². The third-order valence-corrected chi connectivity index (χ3v) is 1.67. The number of aryl methyl sites for hydroxylation is 1. The summed E-state index contributed by atoms with van der Waals surface area (Å²) in [4.78, 5) is 26.4. The highest BCUT2D eigenvalue weighted by Crippen LogP contribution is 2.18. The van der Waals surface area contributed by atoms with Crippen LogP contribution in [0.2, 0.25) is 0 Å². The molecule has 1 aromatic carbocycles. The molecule has 68 valence electrons. The van der Waals surface area contributed by atoms with Gasteiger partial charge < -0.3 is 0 Å². The Morgan fingerprint density at radius 3 is 2.69 bits per heavy atom. The molecule has 1 aromatic rings. The molecule has 4 heteroatoms. The maximum absolute atomic E-state index is 11.0. The number of rotatable bonds is 3. The normalized spacial score (nSPS) is 9.38. The van der Waals surface area contributed by atoms with Crippen LogP contribution >= 0.6 is 0 Å². The van der Waals surface area contributed by atoms with E-state index in [0.29, 0.717) is 16.8 Å². The van der Waals surface area contributed by atoms with Gasteiger partial charge in [-0.2, -0.15) is 0 Å². The molecule has 0 radical (unpaired) electrons. The monoisotopic (exact) mass is 180 g/mol. The third-order valence-electron chi connectivity index (χ3n) is 1.67. The molecule has 0 aromatic heterocycles. The fraction of sp³-hybridized carbons (Fsp3) is 0.222. The van der Waals surface area contributed by atoms with Gasteiger partial charge in [0.05, 0.1) is 10.5 Å². The second-order valence-corrected chi connectivity index (χ2v) is 2.62. The minimum absolute atomic E-state index is 0.225. The average molecular weight is 180 g/mol. The first-order valence-electron chi connectivity index (χ1n) is 3.76. The number of carbonyl (C=O) groups excluding carboxylic acids is 1. The summed E-state index contributed by atoms with van der Waals surface area (Å²) in [5.74, 6) is 0. The molecular weight excluding hydrogens is 170 g/mol. The molecule has 0 amide bonds. The summed E-state index contributed by atoms with van der Waals surface area (Å²) >= 11 is 0. The van der Waals surface area contributed by atoms with Gasteiger partial charge in [0.15, 0.2) is 13.4 Å². The van der Waals surface area contributed by atoms with Crippen LogP contribution in [0.15, 0.2) is 18.2 Å².